The van der Waals surface area contributed by atoms with Gasteiger partial charge in [0.2, 0.25) is 0 Å². The highest BCUT2D eigenvalue weighted by Crippen LogP contribution is 2.26. The Morgan fingerprint density at radius 2 is 2.25 bits per heavy atom. The van der Waals surface area contributed by atoms with Gasteiger partial charge < -0.3 is 0 Å². The molecule has 1 aromatic heterocycles. The van der Waals surface area contributed by atoms with Crippen LogP contribution in [0.4, 0.5) is 0 Å². The molecule has 1 heterocycles. The Bertz CT molecular complexity index is 322. The van der Waals surface area contributed by atoms with E-state index in [1.54, 1.807) is 0 Å². The number of pyridine rings is 1. The number of hydrogen-bond acceptors (Lipinski definition) is 1. The molecule has 1 unspecified atom stereocenters. The molecule has 0 fully saturated rings. The first-order valence-corrected chi connectivity index (χ1v) is 4.18. The molecule has 0 saturated heterocycles. The molecule has 1 nitrogen and oxygen atoms in total. The zero-order valence-electron chi connectivity index (χ0n) is 7.07. The minimum Gasteiger partial charge on any atom is -0.257 e. The second-order valence-corrected chi connectivity index (χ2v) is 3.01. The predicted octanol–water partition coefficient (Wildman–Crippen LogP) is 2.67. The molecule has 0 aromatic carbocycles. The number of nitrogens with zero attached hydrogens (tertiary/aromatic N) is 1. The first kappa shape index (κ1) is 7.29. The van der Waals surface area contributed by atoms with Gasteiger partial charge in [0.1, 0.15) is 0 Å². The van der Waals surface area contributed by atoms with E-state index in [9.17, 15) is 0 Å². The van der Waals surface area contributed by atoms with Crippen LogP contribution in [-0.4, -0.2) is 4.98 Å². The fourth-order valence-electron chi connectivity index (χ4n) is 1.43. The largest absolute Gasteiger partial charge is 0.257 e. The molecule has 1 aliphatic carbocycles. The molecule has 1 atom stereocenters. The average molecular weight is 157 g/mol. The summed E-state index contributed by atoms with van der Waals surface area (Å²) in [7, 11) is 0. The van der Waals surface area contributed by atoms with Crippen molar-refractivity contribution in [3.63, 3.8) is 0 Å². The van der Waals surface area contributed by atoms with E-state index in [1.807, 2.05) is 18.3 Å². The molecule has 1 heteroatoms. The van der Waals surface area contributed by atoms with Gasteiger partial charge >= 0.3 is 0 Å². The van der Waals surface area contributed by atoms with Crippen molar-refractivity contribution in [3.8, 4) is 0 Å². The fourth-order valence-corrected chi connectivity index (χ4v) is 1.43. The van der Waals surface area contributed by atoms with Gasteiger partial charge in [-0.25, -0.2) is 0 Å². The van der Waals surface area contributed by atoms with Crippen molar-refractivity contribution in [2.24, 2.45) is 5.92 Å². The van der Waals surface area contributed by atoms with Crippen molar-refractivity contribution in [3.05, 3.63) is 48.3 Å². The van der Waals surface area contributed by atoms with Crippen molar-refractivity contribution >= 4 is 5.57 Å². The van der Waals surface area contributed by atoms with E-state index in [-0.39, 0.29) is 0 Å². The van der Waals surface area contributed by atoms with E-state index >= 15 is 0 Å². The van der Waals surface area contributed by atoms with Crippen LogP contribution in [0, 0.1) is 5.92 Å². The van der Waals surface area contributed by atoms with Crippen LogP contribution in [0.5, 0.6) is 0 Å². The summed E-state index contributed by atoms with van der Waals surface area (Å²) in [5.41, 5.74) is 2.41. The summed E-state index contributed by atoms with van der Waals surface area (Å²) in [5.74, 6) is 0.514. The second kappa shape index (κ2) is 2.94. The first-order chi connectivity index (χ1) is 5.88. The lowest BCUT2D eigenvalue weighted by molar-refractivity contribution is 0.968. The number of hydrogen-bond donors (Lipinski definition) is 0. The van der Waals surface area contributed by atoms with E-state index < -0.39 is 0 Å². The molecule has 0 saturated carbocycles. The predicted molar refractivity (Wildman–Crippen MR) is 50.5 cm³/mol. The summed E-state index contributed by atoms with van der Waals surface area (Å²) in [6.07, 6.45) is 8.24. The summed E-state index contributed by atoms with van der Waals surface area (Å²) < 4.78 is 0. The van der Waals surface area contributed by atoms with Gasteiger partial charge in [0.15, 0.2) is 0 Å². The third kappa shape index (κ3) is 1.18. The number of allylic oxidation sites excluding steroid dienone is 4. The molecule has 0 bridgehead atoms. The van der Waals surface area contributed by atoms with Crippen LogP contribution >= 0.6 is 0 Å². The van der Waals surface area contributed by atoms with Gasteiger partial charge in [0, 0.05) is 12.1 Å². The highest BCUT2D eigenvalue weighted by atomic mass is 14.7. The normalized spacial score (nSPS) is 21.1. The lowest BCUT2D eigenvalue weighted by Gasteiger charge is -2.06. The van der Waals surface area contributed by atoms with Gasteiger partial charge in [-0.05, 0) is 17.7 Å². The molecule has 0 aliphatic heterocycles. The first-order valence-electron chi connectivity index (χ1n) is 4.18. The minimum absolute atomic E-state index is 0.514. The van der Waals surface area contributed by atoms with Crippen LogP contribution in [0.2, 0.25) is 0 Å². The maximum Gasteiger partial charge on any atom is 0.0667 e. The lowest BCUT2D eigenvalue weighted by atomic mass is 10.0. The third-order valence-electron chi connectivity index (χ3n) is 2.13. The Hall–Kier alpha value is -1.37. The second-order valence-electron chi connectivity index (χ2n) is 3.01. The van der Waals surface area contributed by atoms with Crippen LogP contribution in [0.3, 0.4) is 0 Å². The van der Waals surface area contributed by atoms with Crippen molar-refractivity contribution < 1.29 is 0 Å². The van der Waals surface area contributed by atoms with Crippen LogP contribution in [0.15, 0.2) is 42.6 Å². The van der Waals surface area contributed by atoms with Crippen molar-refractivity contribution in [1.82, 2.24) is 4.98 Å². The number of rotatable bonds is 1. The van der Waals surface area contributed by atoms with Crippen LogP contribution in [-0.2, 0) is 0 Å². The maximum absolute atomic E-state index is 4.30. The summed E-state index contributed by atoms with van der Waals surface area (Å²) in [4.78, 5) is 4.30. The van der Waals surface area contributed by atoms with E-state index in [4.69, 9.17) is 0 Å². The highest BCUT2D eigenvalue weighted by Gasteiger charge is 2.11. The maximum atomic E-state index is 4.30. The molecule has 60 valence electrons. The molecule has 2 rings (SSSR count). The molecule has 0 radical (unpaired) electrons. The smallest absolute Gasteiger partial charge is 0.0667 e. The van der Waals surface area contributed by atoms with E-state index in [2.05, 4.69) is 36.2 Å². The average Bonchev–Trinajstić information content (AvgIpc) is 2.53. The van der Waals surface area contributed by atoms with Gasteiger partial charge in [0.05, 0.1) is 5.69 Å². The lowest BCUT2D eigenvalue weighted by Crippen LogP contribution is -1.93. The zero-order valence-corrected chi connectivity index (χ0v) is 7.07. The molecule has 0 N–H and O–H groups in total. The summed E-state index contributed by atoms with van der Waals surface area (Å²) >= 11 is 0. The Morgan fingerprint density at radius 3 is 2.83 bits per heavy atom. The number of aromatic nitrogens is 1. The molecule has 12 heavy (non-hydrogen) atoms. The fraction of sp³-hybridized carbons (Fsp3) is 0.182. The van der Waals surface area contributed by atoms with Crippen LogP contribution < -0.4 is 0 Å². The van der Waals surface area contributed by atoms with E-state index in [1.165, 1.54) is 5.57 Å². The summed E-state index contributed by atoms with van der Waals surface area (Å²) in [6.45, 7) is 2.18. The van der Waals surface area contributed by atoms with Gasteiger partial charge in [-0.2, -0.15) is 0 Å². The van der Waals surface area contributed by atoms with E-state index in [0.29, 0.717) is 5.92 Å². The Labute approximate surface area is 72.5 Å². The molecular formula is C11H11N. The van der Waals surface area contributed by atoms with Gasteiger partial charge in [-0.3, -0.25) is 4.98 Å². The zero-order chi connectivity index (χ0) is 8.39. The van der Waals surface area contributed by atoms with Gasteiger partial charge in [0.25, 0.3) is 0 Å². The Kier molecular flexibility index (Phi) is 1.78. The van der Waals surface area contributed by atoms with Gasteiger partial charge in [-0.1, -0.05) is 31.2 Å². The van der Waals surface area contributed by atoms with Gasteiger partial charge in [-0.15, -0.1) is 0 Å². The van der Waals surface area contributed by atoms with Crippen molar-refractivity contribution in [2.75, 3.05) is 0 Å². The molecule has 1 aliphatic rings. The quantitative estimate of drug-likeness (QED) is 0.610. The van der Waals surface area contributed by atoms with Crippen molar-refractivity contribution in [2.45, 2.75) is 6.92 Å². The molecule has 0 amide bonds. The highest BCUT2D eigenvalue weighted by molar-refractivity contribution is 5.70. The minimum atomic E-state index is 0.514. The Morgan fingerprint density at radius 1 is 1.33 bits per heavy atom. The topological polar surface area (TPSA) is 12.9 Å². The van der Waals surface area contributed by atoms with Crippen LogP contribution in [0.1, 0.15) is 12.6 Å². The molecular weight excluding hydrogens is 146 g/mol. The third-order valence-corrected chi connectivity index (χ3v) is 2.13. The SMILES string of the molecule is CC1C=CC=C1c1ccccn1. The Balaban J connectivity index is 2.34. The summed E-state index contributed by atoms with van der Waals surface area (Å²) in [6, 6.07) is 6.01. The van der Waals surface area contributed by atoms with E-state index in [0.717, 1.165) is 5.69 Å². The van der Waals surface area contributed by atoms with Crippen molar-refractivity contribution in [1.29, 1.82) is 0 Å². The molecule has 0 spiro atoms. The molecule has 1 aromatic rings. The van der Waals surface area contributed by atoms with Crippen LogP contribution in [0.25, 0.3) is 5.57 Å². The summed E-state index contributed by atoms with van der Waals surface area (Å²) in [5, 5.41) is 0. The monoisotopic (exact) mass is 157 g/mol. The standard InChI is InChI=1S/C11H11N/c1-9-5-4-6-10(9)11-7-2-3-8-12-11/h2-9H,1H3.